The zero-order valence-electron chi connectivity index (χ0n) is 11.1. The summed E-state index contributed by atoms with van der Waals surface area (Å²) in [6.45, 7) is 5.23. The van der Waals surface area contributed by atoms with Gasteiger partial charge in [0.1, 0.15) is 10.8 Å². The number of rotatable bonds is 3. The van der Waals surface area contributed by atoms with Crippen molar-refractivity contribution in [1.82, 2.24) is 19.7 Å². The van der Waals surface area contributed by atoms with Crippen molar-refractivity contribution in [2.45, 2.75) is 32.4 Å². The monoisotopic (exact) mass is 277 g/mol. The van der Waals surface area contributed by atoms with E-state index >= 15 is 0 Å². The van der Waals surface area contributed by atoms with Crippen molar-refractivity contribution < 1.29 is 0 Å². The Bertz CT molecular complexity index is 539. The normalized spacial score (nSPS) is 17.9. The second-order valence-corrected chi connectivity index (χ2v) is 6.05. The smallest absolute Gasteiger partial charge is 0.145 e. The van der Waals surface area contributed by atoms with Crippen LogP contribution in [-0.2, 0) is 6.54 Å². The van der Waals surface area contributed by atoms with Crippen LogP contribution in [0.1, 0.15) is 29.6 Å². The van der Waals surface area contributed by atoms with Gasteiger partial charge in [0, 0.05) is 30.4 Å². The van der Waals surface area contributed by atoms with E-state index in [1.165, 1.54) is 5.01 Å². The van der Waals surface area contributed by atoms with Crippen molar-refractivity contribution in [3.8, 4) is 0 Å². The Kier molecular flexibility index (Phi) is 3.52. The van der Waals surface area contributed by atoms with Crippen molar-refractivity contribution in [3.63, 3.8) is 0 Å². The third-order valence-corrected chi connectivity index (χ3v) is 4.54. The summed E-state index contributed by atoms with van der Waals surface area (Å²) in [5.74, 6) is 0.612. The number of aryl methyl sites for hydroxylation is 1. The van der Waals surface area contributed by atoms with Crippen LogP contribution in [0.25, 0.3) is 0 Å². The predicted molar refractivity (Wildman–Crippen MR) is 77.0 cm³/mol. The predicted octanol–water partition coefficient (Wildman–Crippen LogP) is 2.07. The van der Waals surface area contributed by atoms with Crippen molar-refractivity contribution >= 4 is 17.2 Å². The largest absolute Gasteiger partial charge is 0.382 e. The van der Waals surface area contributed by atoms with E-state index in [9.17, 15) is 0 Å². The van der Waals surface area contributed by atoms with Crippen LogP contribution >= 0.6 is 11.3 Å². The molecule has 2 N–H and O–H groups in total. The third-order valence-electron chi connectivity index (χ3n) is 3.59. The topological polar surface area (TPSA) is 60.0 Å². The Balaban J connectivity index is 1.54. The van der Waals surface area contributed by atoms with E-state index in [1.807, 2.05) is 23.9 Å². The summed E-state index contributed by atoms with van der Waals surface area (Å²) in [5.41, 5.74) is 6.79. The molecule has 1 saturated heterocycles. The molecule has 1 fully saturated rings. The van der Waals surface area contributed by atoms with Gasteiger partial charge in [0.2, 0.25) is 0 Å². The first-order chi connectivity index (χ1) is 9.20. The summed E-state index contributed by atoms with van der Waals surface area (Å²) in [6.07, 6.45) is 4.25. The highest BCUT2D eigenvalue weighted by molar-refractivity contribution is 7.09. The van der Waals surface area contributed by atoms with Crippen LogP contribution in [0.5, 0.6) is 0 Å². The number of anilines is 1. The minimum Gasteiger partial charge on any atom is -0.382 e. The van der Waals surface area contributed by atoms with Gasteiger partial charge < -0.3 is 5.73 Å². The molecule has 0 aromatic carbocycles. The van der Waals surface area contributed by atoms with Crippen LogP contribution in [-0.4, -0.2) is 32.8 Å². The van der Waals surface area contributed by atoms with Crippen LogP contribution < -0.4 is 5.73 Å². The van der Waals surface area contributed by atoms with Crippen LogP contribution in [0.15, 0.2) is 17.6 Å². The number of hydrogen-bond donors (Lipinski definition) is 1. The molecule has 2 aromatic heterocycles. The van der Waals surface area contributed by atoms with Gasteiger partial charge in [-0.3, -0.25) is 9.58 Å². The van der Waals surface area contributed by atoms with E-state index < -0.39 is 0 Å². The molecule has 102 valence electrons. The molecule has 0 radical (unpaired) electrons. The standard InChI is InChI=1S/C13H19N5S/c1-10-9-19-13(15-10)8-17-5-2-11(3-6-17)18-7-4-12(14)16-18/h4,7,9,11H,2-3,5-6,8H2,1H3,(H2,14,16). The lowest BCUT2D eigenvalue weighted by atomic mass is 10.1. The molecule has 1 aliphatic rings. The fourth-order valence-corrected chi connectivity index (χ4v) is 3.38. The van der Waals surface area contributed by atoms with E-state index in [2.05, 4.69) is 20.4 Å². The molecule has 19 heavy (non-hydrogen) atoms. The Hall–Kier alpha value is -1.40. The number of aromatic nitrogens is 3. The number of nitrogens with zero attached hydrogens (tertiary/aromatic N) is 4. The second-order valence-electron chi connectivity index (χ2n) is 5.11. The van der Waals surface area contributed by atoms with Gasteiger partial charge in [-0.25, -0.2) is 4.98 Å². The van der Waals surface area contributed by atoms with Crippen LogP contribution in [0, 0.1) is 6.92 Å². The molecule has 0 unspecified atom stereocenters. The molecular formula is C13H19N5S. The van der Waals surface area contributed by atoms with Gasteiger partial charge in [-0.15, -0.1) is 11.3 Å². The summed E-state index contributed by atoms with van der Waals surface area (Å²) >= 11 is 1.76. The van der Waals surface area contributed by atoms with Gasteiger partial charge in [-0.05, 0) is 25.8 Å². The molecule has 3 heterocycles. The van der Waals surface area contributed by atoms with E-state index in [-0.39, 0.29) is 0 Å². The number of likely N-dealkylation sites (tertiary alicyclic amines) is 1. The molecule has 0 amide bonds. The molecular weight excluding hydrogens is 258 g/mol. The van der Waals surface area contributed by atoms with E-state index in [1.54, 1.807) is 11.3 Å². The van der Waals surface area contributed by atoms with E-state index in [4.69, 9.17) is 5.73 Å². The number of nitrogen functional groups attached to an aromatic ring is 1. The summed E-state index contributed by atoms with van der Waals surface area (Å²) in [4.78, 5) is 7.00. The van der Waals surface area contributed by atoms with Crippen molar-refractivity contribution in [2.75, 3.05) is 18.8 Å². The van der Waals surface area contributed by atoms with Gasteiger partial charge in [0.15, 0.2) is 0 Å². The lowest BCUT2D eigenvalue weighted by Crippen LogP contribution is -2.34. The lowest BCUT2D eigenvalue weighted by molar-refractivity contribution is 0.173. The van der Waals surface area contributed by atoms with E-state index in [0.29, 0.717) is 11.9 Å². The number of thiazole rings is 1. The molecule has 0 aliphatic carbocycles. The summed E-state index contributed by atoms with van der Waals surface area (Å²) < 4.78 is 2.01. The third kappa shape index (κ3) is 2.96. The molecule has 2 aromatic rings. The quantitative estimate of drug-likeness (QED) is 0.933. The van der Waals surface area contributed by atoms with Gasteiger partial charge in [0.05, 0.1) is 12.6 Å². The van der Waals surface area contributed by atoms with E-state index in [0.717, 1.165) is 38.2 Å². The van der Waals surface area contributed by atoms with Crippen LogP contribution in [0.2, 0.25) is 0 Å². The first kappa shape index (κ1) is 12.6. The minimum atomic E-state index is 0.492. The van der Waals surface area contributed by atoms with Gasteiger partial charge >= 0.3 is 0 Å². The fourth-order valence-electron chi connectivity index (χ4n) is 2.56. The van der Waals surface area contributed by atoms with Crippen molar-refractivity contribution in [3.05, 3.63) is 28.3 Å². The Morgan fingerprint density at radius 2 is 2.21 bits per heavy atom. The molecule has 3 rings (SSSR count). The van der Waals surface area contributed by atoms with Crippen LogP contribution in [0.3, 0.4) is 0 Å². The molecule has 0 atom stereocenters. The highest BCUT2D eigenvalue weighted by Crippen LogP contribution is 2.24. The maximum atomic E-state index is 5.67. The van der Waals surface area contributed by atoms with Gasteiger partial charge in [0.25, 0.3) is 0 Å². The van der Waals surface area contributed by atoms with Gasteiger partial charge in [-0.1, -0.05) is 0 Å². The van der Waals surface area contributed by atoms with Crippen LogP contribution in [0.4, 0.5) is 5.82 Å². The first-order valence-electron chi connectivity index (χ1n) is 6.65. The average molecular weight is 277 g/mol. The molecule has 0 spiro atoms. The minimum absolute atomic E-state index is 0.492. The molecule has 0 saturated carbocycles. The fraction of sp³-hybridized carbons (Fsp3) is 0.538. The number of nitrogens with two attached hydrogens (primary N) is 1. The Morgan fingerprint density at radius 3 is 2.79 bits per heavy atom. The zero-order valence-corrected chi connectivity index (χ0v) is 11.9. The average Bonchev–Trinajstić information content (AvgIpc) is 3.00. The second kappa shape index (κ2) is 5.30. The highest BCUT2D eigenvalue weighted by Gasteiger charge is 2.21. The summed E-state index contributed by atoms with van der Waals surface area (Å²) in [5, 5.41) is 7.65. The highest BCUT2D eigenvalue weighted by atomic mass is 32.1. The van der Waals surface area contributed by atoms with Crippen molar-refractivity contribution in [2.24, 2.45) is 0 Å². The lowest BCUT2D eigenvalue weighted by Gasteiger charge is -2.31. The van der Waals surface area contributed by atoms with Gasteiger partial charge in [-0.2, -0.15) is 5.10 Å². The van der Waals surface area contributed by atoms with Crippen molar-refractivity contribution in [1.29, 1.82) is 0 Å². The summed E-state index contributed by atoms with van der Waals surface area (Å²) in [6, 6.07) is 2.36. The number of hydrogen-bond acceptors (Lipinski definition) is 5. The molecule has 1 aliphatic heterocycles. The zero-order chi connectivity index (χ0) is 13.2. The number of piperidine rings is 1. The molecule has 6 heteroatoms. The maximum Gasteiger partial charge on any atom is 0.145 e. The Morgan fingerprint density at radius 1 is 1.42 bits per heavy atom. The molecule has 5 nitrogen and oxygen atoms in total. The maximum absolute atomic E-state index is 5.67. The summed E-state index contributed by atoms with van der Waals surface area (Å²) in [7, 11) is 0. The SMILES string of the molecule is Cc1csc(CN2CCC(n3ccc(N)n3)CC2)n1. The first-order valence-corrected chi connectivity index (χ1v) is 7.52. The Labute approximate surface area is 117 Å². The molecule has 0 bridgehead atoms.